The molecular formula is C14H14BrClN2O2. The van der Waals surface area contributed by atoms with Crippen LogP contribution in [0.4, 0.5) is 0 Å². The van der Waals surface area contributed by atoms with Crippen LogP contribution in [0.15, 0.2) is 22.7 Å². The molecule has 0 atom stereocenters. The summed E-state index contributed by atoms with van der Waals surface area (Å²) in [5.74, 6) is 1.01. The number of hydrogen-bond donors (Lipinski definition) is 1. The molecule has 1 aromatic heterocycles. The van der Waals surface area contributed by atoms with E-state index in [4.69, 9.17) is 16.3 Å². The van der Waals surface area contributed by atoms with Gasteiger partial charge in [0.1, 0.15) is 5.15 Å². The van der Waals surface area contributed by atoms with Crippen molar-refractivity contribution >= 4 is 27.5 Å². The van der Waals surface area contributed by atoms with Crippen LogP contribution >= 0.6 is 27.5 Å². The van der Waals surface area contributed by atoms with Gasteiger partial charge in [-0.15, -0.1) is 0 Å². The Morgan fingerprint density at radius 2 is 2.05 bits per heavy atom. The van der Waals surface area contributed by atoms with E-state index in [9.17, 15) is 5.11 Å². The molecule has 0 aliphatic rings. The molecule has 0 bridgehead atoms. The number of aromatic hydroxyl groups is 1. The third-order valence-electron chi connectivity index (χ3n) is 2.73. The van der Waals surface area contributed by atoms with Crippen LogP contribution in [0.2, 0.25) is 5.15 Å². The van der Waals surface area contributed by atoms with Gasteiger partial charge in [0.15, 0.2) is 17.3 Å². The van der Waals surface area contributed by atoms with Crippen LogP contribution in [0.3, 0.4) is 0 Å². The van der Waals surface area contributed by atoms with Crippen molar-refractivity contribution < 1.29 is 9.84 Å². The smallest absolute Gasteiger partial charge is 0.161 e. The van der Waals surface area contributed by atoms with Gasteiger partial charge in [0.2, 0.25) is 0 Å². The Morgan fingerprint density at radius 3 is 2.70 bits per heavy atom. The van der Waals surface area contributed by atoms with Crippen molar-refractivity contribution in [2.45, 2.75) is 20.3 Å². The SMILES string of the molecule is CCOc1cc(-c2nc(Cl)c(Br)c(CC)n2)ccc1O. The summed E-state index contributed by atoms with van der Waals surface area (Å²) < 4.78 is 6.08. The number of rotatable bonds is 4. The molecule has 0 saturated heterocycles. The van der Waals surface area contributed by atoms with Gasteiger partial charge in [-0.05, 0) is 47.5 Å². The van der Waals surface area contributed by atoms with Crippen LogP contribution < -0.4 is 4.74 Å². The maximum atomic E-state index is 9.71. The number of phenols is 1. The lowest BCUT2D eigenvalue weighted by atomic mass is 10.2. The molecule has 0 amide bonds. The zero-order valence-corrected chi connectivity index (χ0v) is 13.5. The van der Waals surface area contributed by atoms with E-state index in [2.05, 4.69) is 25.9 Å². The van der Waals surface area contributed by atoms with Crippen molar-refractivity contribution in [3.05, 3.63) is 33.5 Å². The fourth-order valence-electron chi connectivity index (χ4n) is 1.75. The number of halogens is 2. The summed E-state index contributed by atoms with van der Waals surface area (Å²) in [6.07, 6.45) is 0.742. The second-order valence-corrected chi connectivity index (χ2v) is 5.22. The summed E-state index contributed by atoms with van der Waals surface area (Å²) in [5, 5.41) is 10.1. The van der Waals surface area contributed by atoms with Crippen LogP contribution in [0.5, 0.6) is 11.5 Å². The van der Waals surface area contributed by atoms with Crippen LogP contribution in [-0.4, -0.2) is 21.7 Å². The molecule has 4 nitrogen and oxygen atoms in total. The van der Waals surface area contributed by atoms with E-state index in [1.165, 1.54) is 0 Å². The fraction of sp³-hybridized carbons (Fsp3) is 0.286. The van der Waals surface area contributed by atoms with Crippen LogP contribution in [-0.2, 0) is 6.42 Å². The van der Waals surface area contributed by atoms with E-state index in [0.29, 0.717) is 27.8 Å². The summed E-state index contributed by atoms with van der Waals surface area (Å²) >= 11 is 9.48. The van der Waals surface area contributed by atoms with E-state index in [1.54, 1.807) is 18.2 Å². The highest BCUT2D eigenvalue weighted by Gasteiger charge is 2.12. The summed E-state index contributed by atoms with van der Waals surface area (Å²) in [4.78, 5) is 8.73. The summed E-state index contributed by atoms with van der Waals surface area (Å²) in [6, 6.07) is 5.00. The van der Waals surface area contributed by atoms with Crippen molar-refractivity contribution in [2.24, 2.45) is 0 Å². The fourth-order valence-corrected chi connectivity index (χ4v) is 2.40. The lowest BCUT2D eigenvalue weighted by Gasteiger charge is -2.09. The molecule has 0 radical (unpaired) electrons. The number of aryl methyl sites for hydroxylation is 1. The van der Waals surface area contributed by atoms with Crippen molar-refractivity contribution in [3.63, 3.8) is 0 Å². The van der Waals surface area contributed by atoms with Gasteiger partial charge in [-0.3, -0.25) is 0 Å². The van der Waals surface area contributed by atoms with E-state index in [-0.39, 0.29) is 5.75 Å². The third-order valence-corrected chi connectivity index (χ3v) is 4.07. The Balaban J connectivity index is 2.51. The molecule has 0 aliphatic heterocycles. The zero-order chi connectivity index (χ0) is 14.7. The number of ether oxygens (including phenoxy) is 1. The molecule has 0 saturated carbocycles. The van der Waals surface area contributed by atoms with Gasteiger partial charge in [-0.25, -0.2) is 9.97 Å². The average molecular weight is 358 g/mol. The first-order valence-corrected chi connectivity index (χ1v) is 7.42. The van der Waals surface area contributed by atoms with Gasteiger partial charge in [0.05, 0.1) is 16.8 Å². The first kappa shape index (κ1) is 15.1. The standard InChI is InChI=1S/C14H14BrClN2O2/c1-3-9-12(15)13(16)18-14(17-9)8-5-6-10(19)11(7-8)20-4-2/h5-7,19H,3-4H2,1-2H3. The minimum absolute atomic E-state index is 0.0922. The number of nitrogens with zero attached hydrogens (tertiary/aromatic N) is 2. The minimum atomic E-state index is 0.0922. The van der Waals surface area contributed by atoms with Crippen molar-refractivity contribution in [1.82, 2.24) is 9.97 Å². The first-order chi connectivity index (χ1) is 9.56. The number of hydrogen-bond acceptors (Lipinski definition) is 4. The zero-order valence-electron chi connectivity index (χ0n) is 11.2. The molecule has 2 aromatic rings. The molecular weight excluding hydrogens is 344 g/mol. The Hall–Kier alpha value is -1.33. The normalized spacial score (nSPS) is 10.6. The molecule has 0 unspecified atom stereocenters. The Labute approximate surface area is 130 Å². The van der Waals surface area contributed by atoms with Gasteiger partial charge in [0, 0.05) is 5.56 Å². The summed E-state index contributed by atoms with van der Waals surface area (Å²) in [7, 11) is 0. The van der Waals surface area contributed by atoms with Gasteiger partial charge >= 0.3 is 0 Å². The van der Waals surface area contributed by atoms with Gasteiger partial charge in [-0.2, -0.15) is 0 Å². The molecule has 1 heterocycles. The average Bonchev–Trinajstić information content (AvgIpc) is 2.44. The van der Waals surface area contributed by atoms with E-state index < -0.39 is 0 Å². The quantitative estimate of drug-likeness (QED) is 0.832. The third kappa shape index (κ3) is 3.04. The first-order valence-electron chi connectivity index (χ1n) is 6.24. The molecule has 6 heteroatoms. The van der Waals surface area contributed by atoms with E-state index >= 15 is 0 Å². The van der Waals surface area contributed by atoms with E-state index in [0.717, 1.165) is 17.7 Å². The molecule has 20 heavy (non-hydrogen) atoms. The van der Waals surface area contributed by atoms with Crippen LogP contribution in [0.1, 0.15) is 19.5 Å². The van der Waals surface area contributed by atoms with Crippen LogP contribution in [0.25, 0.3) is 11.4 Å². The molecule has 0 spiro atoms. The number of benzene rings is 1. The summed E-state index contributed by atoms with van der Waals surface area (Å²) in [5.41, 5.74) is 1.58. The van der Waals surface area contributed by atoms with Crippen LogP contribution in [0, 0.1) is 0 Å². The lowest BCUT2D eigenvalue weighted by Crippen LogP contribution is -1.98. The largest absolute Gasteiger partial charge is 0.504 e. The van der Waals surface area contributed by atoms with Crippen molar-refractivity contribution in [3.8, 4) is 22.9 Å². The second-order valence-electron chi connectivity index (χ2n) is 4.07. The Kier molecular flexibility index (Phi) is 4.83. The molecule has 106 valence electrons. The Bertz CT molecular complexity index is 635. The van der Waals surface area contributed by atoms with Gasteiger partial charge in [-0.1, -0.05) is 18.5 Å². The van der Waals surface area contributed by atoms with Gasteiger partial charge in [0.25, 0.3) is 0 Å². The monoisotopic (exact) mass is 356 g/mol. The topological polar surface area (TPSA) is 55.2 Å². The number of aromatic nitrogens is 2. The molecule has 2 rings (SSSR count). The highest BCUT2D eigenvalue weighted by atomic mass is 79.9. The highest BCUT2D eigenvalue weighted by molar-refractivity contribution is 9.10. The van der Waals surface area contributed by atoms with Gasteiger partial charge < -0.3 is 9.84 Å². The predicted molar refractivity (Wildman–Crippen MR) is 82.4 cm³/mol. The Morgan fingerprint density at radius 1 is 1.30 bits per heavy atom. The molecule has 0 aliphatic carbocycles. The minimum Gasteiger partial charge on any atom is -0.504 e. The highest BCUT2D eigenvalue weighted by Crippen LogP contribution is 2.32. The molecule has 1 aromatic carbocycles. The van der Waals surface area contributed by atoms with Crippen molar-refractivity contribution in [1.29, 1.82) is 0 Å². The molecule has 0 fully saturated rings. The number of phenolic OH excluding ortho intramolecular Hbond substituents is 1. The second kappa shape index (κ2) is 6.41. The molecule has 1 N–H and O–H groups in total. The lowest BCUT2D eigenvalue weighted by molar-refractivity contribution is 0.318. The maximum absolute atomic E-state index is 9.71. The van der Waals surface area contributed by atoms with E-state index in [1.807, 2.05) is 13.8 Å². The maximum Gasteiger partial charge on any atom is 0.161 e. The predicted octanol–water partition coefficient (Wildman–Crippen LogP) is 4.23. The summed E-state index contributed by atoms with van der Waals surface area (Å²) in [6.45, 7) is 4.32. The van der Waals surface area contributed by atoms with Crippen molar-refractivity contribution in [2.75, 3.05) is 6.61 Å².